The molecule has 20 heavy (non-hydrogen) atoms. The molecule has 2 bridgehead atoms. The summed E-state index contributed by atoms with van der Waals surface area (Å²) in [6.45, 7) is 0.828. The van der Waals surface area contributed by atoms with Crippen LogP contribution in [-0.4, -0.2) is 36.5 Å². The molecule has 0 N–H and O–H groups in total. The lowest BCUT2D eigenvalue weighted by molar-refractivity contribution is -0.146. The predicted octanol–water partition coefficient (Wildman–Crippen LogP) is 2.37. The van der Waals surface area contributed by atoms with Gasteiger partial charge < -0.3 is 9.64 Å². The smallest absolute Gasteiger partial charge is 0.307 e. The molecule has 3 rings (SSSR count). The Morgan fingerprint density at radius 1 is 1.15 bits per heavy atom. The van der Waals surface area contributed by atoms with Crippen LogP contribution in [-0.2, 0) is 14.3 Å². The minimum atomic E-state index is -0.192. The molecule has 4 heteroatoms. The number of carbonyl (C=O) groups excluding carboxylic acids is 2. The third-order valence-electron chi connectivity index (χ3n) is 5.60. The molecule has 2 aliphatic carbocycles. The van der Waals surface area contributed by atoms with E-state index in [-0.39, 0.29) is 17.9 Å². The van der Waals surface area contributed by atoms with E-state index in [9.17, 15) is 9.59 Å². The number of amides is 1. The van der Waals surface area contributed by atoms with Gasteiger partial charge in [0.1, 0.15) is 0 Å². The number of piperidine rings is 1. The molecule has 0 radical (unpaired) electrons. The SMILES string of the molecule is COC(=O)CC1CCCCN1C(=O)C1CC2CCC1C2. The van der Waals surface area contributed by atoms with E-state index in [1.54, 1.807) is 0 Å². The average Bonchev–Trinajstić information content (AvgIpc) is 3.09. The summed E-state index contributed by atoms with van der Waals surface area (Å²) < 4.78 is 4.78. The van der Waals surface area contributed by atoms with E-state index in [4.69, 9.17) is 4.74 Å². The maximum absolute atomic E-state index is 12.8. The normalized spacial score (nSPS) is 36.1. The molecule has 1 amide bonds. The highest BCUT2D eigenvalue weighted by atomic mass is 16.5. The fraction of sp³-hybridized carbons (Fsp3) is 0.875. The lowest BCUT2D eigenvalue weighted by atomic mass is 9.86. The first-order chi connectivity index (χ1) is 9.69. The molecule has 0 aromatic carbocycles. The van der Waals surface area contributed by atoms with Crippen LogP contribution in [0.3, 0.4) is 0 Å². The summed E-state index contributed by atoms with van der Waals surface area (Å²) in [7, 11) is 1.42. The van der Waals surface area contributed by atoms with Crippen molar-refractivity contribution in [2.24, 2.45) is 17.8 Å². The zero-order valence-electron chi connectivity index (χ0n) is 12.3. The van der Waals surface area contributed by atoms with E-state index >= 15 is 0 Å². The quantitative estimate of drug-likeness (QED) is 0.745. The molecule has 2 saturated carbocycles. The largest absolute Gasteiger partial charge is 0.469 e. The molecule has 3 aliphatic rings. The molecular formula is C16H25NO3. The topological polar surface area (TPSA) is 46.6 Å². The van der Waals surface area contributed by atoms with Gasteiger partial charge in [0.05, 0.1) is 13.5 Å². The minimum Gasteiger partial charge on any atom is -0.469 e. The lowest BCUT2D eigenvalue weighted by Gasteiger charge is -2.38. The highest BCUT2D eigenvalue weighted by molar-refractivity contribution is 5.81. The first kappa shape index (κ1) is 13.9. The number of rotatable bonds is 3. The summed E-state index contributed by atoms with van der Waals surface area (Å²) in [5, 5.41) is 0. The number of likely N-dealkylation sites (tertiary alicyclic amines) is 1. The second kappa shape index (κ2) is 5.74. The van der Waals surface area contributed by atoms with Crippen molar-refractivity contribution >= 4 is 11.9 Å². The van der Waals surface area contributed by atoms with Crippen LogP contribution in [0.4, 0.5) is 0 Å². The van der Waals surface area contributed by atoms with E-state index < -0.39 is 0 Å². The van der Waals surface area contributed by atoms with Gasteiger partial charge in [-0.1, -0.05) is 6.42 Å². The van der Waals surface area contributed by atoms with Gasteiger partial charge in [0, 0.05) is 18.5 Å². The van der Waals surface area contributed by atoms with Crippen LogP contribution in [0.25, 0.3) is 0 Å². The van der Waals surface area contributed by atoms with Gasteiger partial charge in [-0.2, -0.15) is 0 Å². The molecule has 0 spiro atoms. The number of methoxy groups -OCH3 is 1. The van der Waals surface area contributed by atoms with Crippen LogP contribution < -0.4 is 0 Å². The lowest BCUT2D eigenvalue weighted by Crippen LogP contribution is -2.48. The number of fused-ring (bicyclic) bond motifs is 2. The van der Waals surface area contributed by atoms with Crippen molar-refractivity contribution in [3.63, 3.8) is 0 Å². The third kappa shape index (κ3) is 2.57. The molecule has 0 aromatic heterocycles. The van der Waals surface area contributed by atoms with Gasteiger partial charge in [0.25, 0.3) is 0 Å². The standard InChI is InChI=1S/C16H25NO3/c1-20-15(18)10-13-4-2-3-7-17(13)16(19)14-9-11-5-6-12(14)8-11/h11-14H,2-10H2,1H3. The van der Waals surface area contributed by atoms with Gasteiger partial charge in [0.2, 0.25) is 5.91 Å². The second-order valence-corrected chi connectivity index (χ2v) is 6.74. The van der Waals surface area contributed by atoms with Crippen LogP contribution in [0, 0.1) is 17.8 Å². The van der Waals surface area contributed by atoms with Crippen LogP contribution >= 0.6 is 0 Å². The molecule has 0 aromatic rings. The summed E-state index contributed by atoms with van der Waals surface area (Å²) in [6.07, 6.45) is 8.39. The monoisotopic (exact) mass is 279 g/mol. The van der Waals surface area contributed by atoms with Gasteiger partial charge >= 0.3 is 5.97 Å². The highest BCUT2D eigenvalue weighted by Crippen LogP contribution is 2.49. The summed E-state index contributed by atoms with van der Waals surface area (Å²) in [5.74, 6) is 1.78. The van der Waals surface area contributed by atoms with Crippen molar-refractivity contribution in [2.45, 2.75) is 57.4 Å². The van der Waals surface area contributed by atoms with Crippen molar-refractivity contribution in [3.8, 4) is 0 Å². The Morgan fingerprint density at radius 2 is 2.00 bits per heavy atom. The van der Waals surface area contributed by atoms with Crippen molar-refractivity contribution < 1.29 is 14.3 Å². The number of ether oxygens (including phenoxy) is 1. The van der Waals surface area contributed by atoms with Crippen molar-refractivity contribution in [3.05, 3.63) is 0 Å². The first-order valence-electron chi connectivity index (χ1n) is 8.06. The molecule has 3 fully saturated rings. The van der Waals surface area contributed by atoms with Gasteiger partial charge in [-0.15, -0.1) is 0 Å². The van der Waals surface area contributed by atoms with E-state index in [0.717, 1.165) is 38.1 Å². The van der Waals surface area contributed by atoms with E-state index in [2.05, 4.69) is 0 Å². The molecule has 1 saturated heterocycles. The van der Waals surface area contributed by atoms with Crippen molar-refractivity contribution in [1.82, 2.24) is 4.90 Å². The van der Waals surface area contributed by atoms with E-state index in [1.165, 1.54) is 26.4 Å². The molecule has 1 heterocycles. The Morgan fingerprint density at radius 3 is 2.65 bits per heavy atom. The van der Waals surface area contributed by atoms with Crippen molar-refractivity contribution in [1.29, 1.82) is 0 Å². The summed E-state index contributed by atoms with van der Waals surface area (Å²) in [4.78, 5) is 26.4. The Labute approximate surface area is 120 Å². The summed E-state index contributed by atoms with van der Waals surface area (Å²) in [5.41, 5.74) is 0. The highest BCUT2D eigenvalue weighted by Gasteiger charge is 2.45. The maximum atomic E-state index is 12.8. The van der Waals surface area contributed by atoms with E-state index in [0.29, 0.717) is 18.2 Å². The van der Waals surface area contributed by atoms with Crippen LogP contribution in [0.2, 0.25) is 0 Å². The van der Waals surface area contributed by atoms with E-state index in [1.807, 2.05) is 4.90 Å². The van der Waals surface area contributed by atoms with Crippen LogP contribution in [0.5, 0.6) is 0 Å². The summed E-state index contributed by atoms with van der Waals surface area (Å²) >= 11 is 0. The van der Waals surface area contributed by atoms with Gasteiger partial charge in [-0.05, 0) is 50.4 Å². The molecule has 4 atom stereocenters. The van der Waals surface area contributed by atoms with Gasteiger partial charge in [-0.25, -0.2) is 0 Å². The first-order valence-corrected chi connectivity index (χ1v) is 8.06. The number of esters is 1. The molecule has 1 aliphatic heterocycles. The Kier molecular flexibility index (Phi) is 3.99. The zero-order chi connectivity index (χ0) is 14.1. The number of hydrogen-bond acceptors (Lipinski definition) is 3. The Balaban J connectivity index is 1.66. The third-order valence-corrected chi connectivity index (χ3v) is 5.60. The Bertz CT molecular complexity index is 395. The predicted molar refractivity (Wildman–Crippen MR) is 74.9 cm³/mol. The fourth-order valence-corrected chi connectivity index (χ4v) is 4.54. The second-order valence-electron chi connectivity index (χ2n) is 6.74. The fourth-order valence-electron chi connectivity index (χ4n) is 4.54. The van der Waals surface area contributed by atoms with Crippen LogP contribution in [0.15, 0.2) is 0 Å². The number of nitrogens with zero attached hydrogens (tertiary/aromatic N) is 1. The number of carbonyl (C=O) groups is 2. The minimum absolute atomic E-state index is 0.0721. The molecule has 4 unspecified atom stereocenters. The molecule has 112 valence electrons. The zero-order valence-corrected chi connectivity index (χ0v) is 12.3. The molecular weight excluding hydrogens is 254 g/mol. The van der Waals surface area contributed by atoms with Gasteiger partial charge in [0.15, 0.2) is 0 Å². The average molecular weight is 279 g/mol. The Hall–Kier alpha value is -1.06. The van der Waals surface area contributed by atoms with Crippen LogP contribution in [0.1, 0.15) is 51.4 Å². The van der Waals surface area contributed by atoms with Crippen molar-refractivity contribution in [2.75, 3.05) is 13.7 Å². The molecule has 4 nitrogen and oxygen atoms in total. The number of hydrogen-bond donors (Lipinski definition) is 0. The maximum Gasteiger partial charge on any atom is 0.307 e. The van der Waals surface area contributed by atoms with Gasteiger partial charge in [-0.3, -0.25) is 9.59 Å². The summed E-state index contributed by atoms with van der Waals surface area (Å²) in [6, 6.07) is 0.0721.